The maximum absolute atomic E-state index is 12.1. The quantitative estimate of drug-likeness (QED) is 0.800. The zero-order chi connectivity index (χ0) is 13.8. The van der Waals surface area contributed by atoms with Gasteiger partial charge in [0.1, 0.15) is 0 Å². The van der Waals surface area contributed by atoms with Gasteiger partial charge in [-0.05, 0) is 36.1 Å². The van der Waals surface area contributed by atoms with E-state index < -0.39 is 0 Å². The molecule has 1 aromatic heterocycles. The molecule has 1 aliphatic rings. The Kier molecular flexibility index (Phi) is 5.78. The molecule has 0 aliphatic carbocycles. The molecule has 2 nitrogen and oxygen atoms in total. The van der Waals surface area contributed by atoms with Crippen molar-refractivity contribution in [2.45, 2.75) is 37.3 Å². The maximum Gasteiger partial charge on any atom is 0.261 e. The number of thiophene rings is 1. The second-order valence-electron chi connectivity index (χ2n) is 5.30. The molecule has 0 aromatic carbocycles. The number of hydrogen-bond acceptors (Lipinski definition) is 3. The first-order valence-corrected chi connectivity index (χ1v) is 9.56. The summed E-state index contributed by atoms with van der Waals surface area (Å²) < 4.78 is 0. The summed E-state index contributed by atoms with van der Waals surface area (Å²) >= 11 is 7.25. The van der Waals surface area contributed by atoms with Crippen molar-refractivity contribution in [3.05, 3.63) is 21.4 Å². The number of thioether (sulfide) groups is 1. The Morgan fingerprint density at radius 1 is 1.53 bits per heavy atom. The SMILES string of the molecule is CC(C)CC(Br)CNC(=O)c1cc2c(s1)CCSC2. The van der Waals surface area contributed by atoms with Crippen LogP contribution in [0, 0.1) is 5.92 Å². The molecule has 1 amide bonds. The Hall–Kier alpha value is -0.000000000000000111. The lowest BCUT2D eigenvalue weighted by molar-refractivity contribution is 0.0957. The van der Waals surface area contributed by atoms with Gasteiger partial charge in [-0.15, -0.1) is 11.3 Å². The Labute approximate surface area is 131 Å². The van der Waals surface area contributed by atoms with Crippen molar-refractivity contribution in [3.8, 4) is 0 Å². The van der Waals surface area contributed by atoms with Gasteiger partial charge in [-0.3, -0.25) is 4.79 Å². The van der Waals surface area contributed by atoms with Crippen molar-refractivity contribution in [1.29, 1.82) is 0 Å². The Balaban J connectivity index is 1.87. The van der Waals surface area contributed by atoms with E-state index in [1.54, 1.807) is 11.3 Å². The van der Waals surface area contributed by atoms with Crippen molar-refractivity contribution < 1.29 is 4.79 Å². The summed E-state index contributed by atoms with van der Waals surface area (Å²) in [5.74, 6) is 2.98. The fourth-order valence-corrected chi connectivity index (χ4v) is 5.34. The Morgan fingerprint density at radius 2 is 2.32 bits per heavy atom. The molecular formula is C14H20BrNOS2. The fourth-order valence-electron chi connectivity index (χ4n) is 2.14. The number of carbonyl (C=O) groups excluding carboxylic acids is 1. The van der Waals surface area contributed by atoms with Gasteiger partial charge in [0.05, 0.1) is 4.88 Å². The summed E-state index contributed by atoms with van der Waals surface area (Å²) in [7, 11) is 0. The lowest BCUT2D eigenvalue weighted by atomic mass is 10.1. The number of halogens is 1. The van der Waals surface area contributed by atoms with Crippen LogP contribution in [-0.2, 0) is 12.2 Å². The van der Waals surface area contributed by atoms with Crippen LogP contribution in [-0.4, -0.2) is 23.0 Å². The molecule has 1 aromatic rings. The van der Waals surface area contributed by atoms with Crippen molar-refractivity contribution in [2.24, 2.45) is 5.92 Å². The Morgan fingerprint density at radius 3 is 3.00 bits per heavy atom. The van der Waals surface area contributed by atoms with E-state index in [1.807, 2.05) is 11.8 Å². The molecule has 1 unspecified atom stereocenters. The summed E-state index contributed by atoms with van der Waals surface area (Å²) in [4.78, 5) is 14.8. The molecule has 19 heavy (non-hydrogen) atoms. The molecule has 0 bridgehead atoms. The van der Waals surface area contributed by atoms with Gasteiger partial charge in [0.15, 0.2) is 0 Å². The van der Waals surface area contributed by atoms with Crippen LogP contribution in [0.3, 0.4) is 0 Å². The second kappa shape index (κ2) is 7.14. The van der Waals surface area contributed by atoms with Crippen LogP contribution in [0.4, 0.5) is 0 Å². The highest BCUT2D eigenvalue weighted by atomic mass is 79.9. The number of fused-ring (bicyclic) bond motifs is 1. The van der Waals surface area contributed by atoms with Crippen LogP contribution in [0.15, 0.2) is 6.07 Å². The van der Waals surface area contributed by atoms with Gasteiger partial charge in [0.2, 0.25) is 0 Å². The normalized spacial score (nSPS) is 16.2. The van der Waals surface area contributed by atoms with Crippen LogP contribution in [0.25, 0.3) is 0 Å². The van der Waals surface area contributed by atoms with Crippen molar-refractivity contribution in [2.75, 3.05) is 12.3 Å². The monoisotopic (exact) mass is 361 g/mol. The zero-order valence-electron chi connectivity index (χ0n) is 11.4. The summed E-state index contributed by atoms with van der Waals surface area (Å²) in [5.41, 5.74) is 1.36. The first kappa shape index (κ1) is 15.4. The van der Waals surface area contributed by atoms with E-state index in [0.717, 1.165) is 23.5 Å². The average molecular weight is 362 g/mol. The Bertz CT molecular complexity index is 421. The van der Waals surface area contributed by atoms with E-state index >= 15 is 0 Å². The number of rotatable bonds is 5. The van der Waals surface area contributed by atoms with E-state index in [-0.39, 0.29) is 5.91 Å². The van der Waals surface area contributed by atoms with Gasteiger partial charge in [0.25, 0.3) is 5.91 Å². The van der Waals surface area contributed by atoms with Gasteiger partial charge in [-0.1, -0.05) is 29.8 Å². The predicted molar refractivity (Wildman–Crippen MR) is 88.7 cm³/mol. The molecule has 0 radical (unpaired) electrons. The fraction of sp³-hybridized carbons (Fsp3) is 0.643. The first-order chi connectivity index (χ1) is 9.06. The number of aryl methyl sites for hydroxylation is 1. The minimum Gasteiger partial charge on any atom is -0.350 e. The molecule has 1 N–H and O–H groups in total. The van der Waals surface area contributed by atoms with Crippen LogP contribution in [0.5, 0.6) is 0 Å². The molecule has 2 heterocycles. The molecule has 0 saturated heterocycles. The van der Waals surface area contributed by atoms with Gasteiger partial charge >= 0.3 is 0 Å². The van der Waals surface area contributed by atoms with E-state index in [4.69, 9.17) is 0 Å². The molecule has 0 saturated carbocycles. The highest BCUT2D eigenvalue weighted by Crippen LogP contribution is 2.31. The van der Waals surface area contributed by atoms with Crippen LogP contribution >= 0.6 is 39.0 Å². The van der Waals surface area contributed by atoms with Crippen molar-refractivity contribution in [1.82, 2.24) is 5.32 Å². The molecule has 1 atom stereocenters. The molecule has 5 heteroatoms. The zero-order valence-corrected chi connectivity index (χ0v) is 14.6. The highest BCUT2D eigenvalue weighted by molar-refractivity contribution is 9.09. The molecule has 1 aliphatic heterocycles. The summed E-state index contributed by atoms with van der Waals surface area (Å²) in [5, 5.41) is 3.03. The highest BCUT2D eigenvalue weighted by Gasteiger charge is 2.18. The van der Waals surface area contributed by atoms with Gasteiger partial charge < -0.3 is 5.32 Å². The average Bonchev–Trinajstić information content (AvgIpc) is 2.78. The number of alkyl halides is 1. The van der Waals surface area contributed by atoms with Crippen LogP contribution < -0.4 is 5.32 Å². The molecular weight excluding hydrogens is 342 g/mol. The number of carbonyl (C=O) groups is 1. The smallest absolute Gasteiger partial charge is 0.261 e. The van der Waals surface area contributed by atoms with E-state index in [0.29, 0.717) is 17.3 Å². The largest absolute Gasteiger partial charge is 0.350 e. The number of hydrogen-bond donors (Lipinski definition) is 1. The lowest BCUT2D eigenvalue weighted by Gasteiger charge is -2.12. The van der Waals surface area contributed by atoms with Crippen molar-refractivity contribution in [3.63, 3.8) is 0 Å². The first-order valence-electron chi connectivity index (χ1n) is 6.68. The molecule has 0 spiro atoms. The predicted octanol–water partition coefficient (Wildman–Crippen LogP) is 4.08. The summed E-state index contributed by atoms with van der Waals surface area (Å²) in [6, 6.07) is 2.08. The van der Waals surface area contributed by atoms with Gasteiger partial charge in [0, 0.05) is 22.0 Å². The van der Waals surface area contributed by atoms with E-state index in [1.165, 1.54) is 16.2 Å². The summed E-state index contributed by atoms with van der Waals surface area (Å²) in [6.07, 6.45) is 2.20. The standard InChI is InChI=1S/C14H20BrNOS2/c1-9(2)5-11(15)7-16-14(17)13-6-10-8-18-4-3-12(10)19-13/h6,9,11H,3-5,7-8H2,1-2H3,(H,16,17). The van der Waals surface area contributed by atoms with Crippen LogP contribution in [0.2, 0.25) is 0 Å². The molecule has 0 fully saturated rings. The third-order valence-corrected chi connectivity index (χ3v) is 6.00. The third-order valence-electron chi connectivity index (χ3n) is 3.06. The third kappa shape index (κ3) is 4.50. The lowest BCUT2D eigenvalue weighted by Crippen LogP contribution is -2.29. The van der Waals surface area contributed by atoms with Crippen LogP contribution in [0.1, 0.15) is 40.4 Å². The topological polar surface area (TPSA) is 29.1 Å². The van der Waals surface area contributed by atoms with E-state index in [2.05, 4.69) is 41.2 Å². The maximum atomic E-state index is 12.1. The number of nitrogens with one attached hydrogen (secondary N) is 1. The van der Waals surface area contributed by atoms with Gasteiger partial charge in [-0.25, -0.2) is 0 Å². The minimum absolute atomic E-state index is 0.0811. The van der Waals surface area contributed by atoms with E-state index in [9.17, 15) is 4.79 Å². The molecule has 106 valence electrons. The number of amides is 1. The minimum atomic E-state index is 0.0811. The molecule has 2 rings (SSSR count). The van der Waals surface area contributed by atoms with Gasteiger partial charge in [-0.2, -0.15) is 11.8 Å². The van der Waals surface area contributed by atoms with Crippen molar-refractivity contribution >= 4 is 44.9 Å². The second-order valence-corrected chi connectivity index (χ2v) is 8.84. The summed E-state index contributed by atoms with van der Waals surface area (Å²) in [6.45, 7) is 5.09.